The Morgan fingerprint density at radius 3 is 2.54 bits per heavy atom. The molecule has 2 N–H and O–H groups in total. The Morgan fingerprint density at radius 1 is 1.12 bits per heavy atom. The lowest BCUT2D eigenvalue weighted by molar-refractivity contribution is 0.0695. The normalized spacial score (nSPS) is 14.7. The molecule has 1 saturated carbocycles. The minimum atomic E-state index is -0.833. The second kappa shape index (κ2) is 6.01. The summed E-state index contributed by atoms with van der Waals surface area (Å²) in [5.41, 5.74) is 6.05. The Hall–Kier alpha value is -2.55. The van der Waals surface area contributed by atoms with Crippen LogP contribution in [0.25, 0.3) is 10.9 Å². The van der Waals surface area contributed by atoms with E-state index in [1.165, 1.54) is 29.5 Å². The van der Waals surface area contributed by atoms with E-state index in [9.17, 15) is 9.90 Å². The first-order chi connectivity index (χ1) is 12.3. The van der Waals surface area contributed by atoms with Crippen LogP contribution in [0, 0.1) is 0 Å². The molecule has 1 heterocycles. The van der Waals surface area contributed by atoms with Gasteiger partial charge in [-0.1, -0.05) is 39.0 Å². The fourth-order valence-electron chi connectivity index (χ4n) is 3.53. The van der Waals surface area contributed by atoms with Crippen LogP contribution >= 0.6 is 0 Å². The van der Waals surface area contributed by atoms with E-state index in [2.05, 4.69) is 56.1 Å². The molecule has 26 heavy (non-hydrogen) atoms. The van der Waals surface area contributed by atoms with Crippen LogP contribution in [0.4, 0.5) is 0 Å². The summed E-state index contributed by atoms with van der Waals surface area (Å²) in [6.07, 6.45) is 3.00. The van der Waals surface area contributed by atoms with Crippen molar-refractivity contribution in [1.82, 2.24) is 4.98 Å². The van der Waals surface area contributed by atoms with E-state index in [1.807, 2.05) is 12.1 Å². The lowest BCUT2D eigenvalue weighted by Gasteiger charge is -2.15. The topological polar surface area (TPSA) is 53.1 Å². The third-order valence-corrected chi connectivity index (χ3v) is 5.30. The molecule has 1 aliphatic carbocycles. The number of aromatic carboxylic acids is 1. The largest absolute Gasteiger partial charge is 0.478 e. The predicted octanol–water partition coefficient (Wildman–Crippen LogP) is 5.63. The molecule has 0 saturated heterocycles. The second-order valence-corrected chi connectivity index (χ2v) is 8.53. The van der Waals surface area contributed by atoms with Gasteiger partial charge in [0.05, 0.1) is 5.56 Å². The molecule has 3 aromatic rings. The lowest BCUT2D eigenvalue weighted by atomic mass is 9.92. The predicted molar refractivity (Wildman–Crippen MR) is 105 cm³/mol. The van der Waals surface area contributed by atoms with Crippen molar-refractivity contribution in [2.24, 2.45) is 0 Å². The highest BCUT2D eigenvalue weighted by atomic mass is 16.4. The Kier molecular flexibility index (Phi) is 3.91. The van der Waals surface area contributed by atoms with Crippen LogP contribution in [0.3, 0.4) is 0 Å². The molecular formula is C23H25NO2. The molecule has 3 nitrogen and oxygen atoms in total. The van der Waals surface area contributed by atoms with Gasteiger partial charge in [-0.05, 0) is 71.5 Å². The molecule has 1 aliphatic rings. The number of H-pyrrole nitrogens is 1. The third kappa shape index (κ3) is 3.26. The fourth-order valence-corrected chi connectivity index (χ4v) is 3.53. The van der Waals surface area contributed by atoms with E-state index in [1.54, 1.807) is 0 Å². The molecule has 0 atom stereocenters. The number of rotatable bonds is 4. The Bertz CT molecular complexity index is 987. The summed E-state index contributed by atoms with van der Waals surface area (Å²) in [6, 6.07) is 14.5. The highest BCUT2D eigenvalue weighted by Crippen LogP contribution is 2.40. The average Bonchev–Trinajstić information content (AvgIpc) is 3.32. The number of aromatic amines is 1. The van der Waals surface area contributed by atoms with Crippen molar-refractivity contribution in [2.75, 3.05) is 0 Å². The van der Waals surface area contributed by atoms with Gasteiger partial charge in [-0.25, -0.2) is 4.79 Å². The number of nitrogens with one attached hydrogen (secondary N) is 1. The van der Waals surface area contributed by atoms with Gasteiger partial charge in [0.1, 0.15) is 0 Å². The van der Waals surface area contributed by atoms with Crippen molar-refractivity contribution in [3.8, 4) is 0 Å². The molecule has 3 heteroatoms. The zero-order valence-electron chi connectivity index (χ0n) is 15.6. The molecule has 0 bridgehead atoms. The summed E-state index contributed by atoms with van der Waals surface area (Å²) < 4.78 is 0. The van der Waals surface area contributed by atoms with Gasteiger partial charge >= 0.3 is 5.97 Å². The maximum atomic E-state index is 11.7. The van der Waals surface area contributed by atoms with Crippen LogP contribution < -0.4 is 0 Å². The van der Waals surface area contributed by atoms with Gasteiger partial charge in [-0.2, -0.15) is 0 Å². The molecular weight excluding hydrogens is 322 g/mol. The van der Waals surface area contributed by atoms with E-state index in [0.717, 1.165) is 16.6 Å². The van der Waals surface area contributed by atoms with Crippen molar-refractivity contribution in [1.29, 1.82) is 0 Å². The molecule has 0 radical (unpaired) electrons. The van der Waals surface area contributed by atoms with Crippen molar-refractivity contribution in [3.05, 3.63) is 70.4 Å². The number of carboxylic acid groups (broad SMARTS) is 1. The Morgan fingerprint density at radius 2 is 1.88 bits per heavy atom. The SMILES string of the molecule is CC(C)(C)c1cc2cc(Cc3ccc(C4CC4)cc3C(=O)O)ccc2[nH]1. The molecule has 1 aromatic heterocycles. The standard InChI is InChI=1S/C23H25NO2/c1-23(2,3)21-13-18-11-14(4-9-20(18)24-21)10-17-8-7-16(15-5-6-15)12-19(17)22(25)26/h4,7-9,11-13,15,24H,5-6,10H2,1-3H3,(H,25,26). The number of carbonyl (C=O) groups is 1. The van der Waals surface area contributed by atoms with E-state index >= 15 is 0 Å². The second-order valence-electron chi connectivity index (χ2n) is 8.53. The highest BCUT2D eigenvalue weighted by Gasteiger charge is 2.25. The molecule has 1 fully saturated rings. The number of fused-ring (bicyclic) bond motifs is 1. The molecule has 0 amide bonds. The van der Waals surface area contributed by atoms with Gasteiger partial charge in [0.15, 0.2) is 0 Å². The zero-order valence-corrected chi connectivity index (χ0v) is 15.6. The molecule has 4 rings (SSSR count). The molecule has 134 valence electrons. The van der Waals surface area contributed by atoms with E-state index in [-0.39, 0.29) is 5.41 Å². The van der Waals surface area contributed by atoms with E-state index in [0.29, 0.717) is 17.9 Å². The van der Waals surface area contributed by atoms with Crippen LogP contribution in [0.2, 0.25) is 0 Å². The highest BCUT2D eigenvalue weighted by molar-refractivity contribution is 5.90. The number of carboxylic acids is 1. The number of aromatic nitrogens is 1. The van der Waals surface area contributed by atoms with Crippen molar-refractivity contribution < 1.29 is 9.90 Å². The molecule has 0 spiro atoms. The van der Waals surface area contributed by atoms with Gasteiger partial charge < -0.3 is 10.1 Å². The van der Waals surface area contributed by atoms with Crippen LogP contribution in [0.15, 0.2) is 42.5 Å². The number of hydrogen-bond donors (Lipinski definition) is 2. The first-order valence-electron chi connectivity index (χ1n) is 9.29. The lowest BCUT2D eigenvalue weighted by Crippen LogP contribution is -2.10. The average molecular weight is 347 g/mol. The smallest absolute Gasteiger partial charge is 0.335 e. The summed E-state index contributed by atoms with van der Waals surface area (Å²) in [5.74, 6) is -0.269. The summed E-state index contributed by atoms with van der Waals surface area (Å²) in [4.78, 5) is 15.2. The van der Waals surface area contributed by atoms with E-state index in [4.69, 9.17) is 0 Å². The van der Waals surface area contributed by atoms with Crippen LogP contribution in [-0.4, -0.2) is 16.1 Å². The van der Waals surface area contributed by atoms with Gasteiger partial charge in [-0.3, -0.25) is 0 Å². The summed E-state index contributed by atoms with van der Waals surface area (Å²) >= 11 is 0. The van der Waals surface area contributed by atoms with Gasteiger partial charge in [0.25, 0.3) is 0 Å². The van der Waals surface area contributed by atoms with Crippen molar-refractivity contribution in [3.63, 3.8) is 0 Å². The molecule has 0 aliphatic heterocycles. The maximum Gasteiger partial charge on any atom is 0.335 e. The number of hydrogen-bond acceptors (Lipinski definition) is 1. The van der Waals surface area contributed by atoms with Gasteiger partial charge in [-0.15, -0.1) is 0 Å². The van der Waals surface area contributed by atoms with Crippen LogP contribution in [0.1, 0.15) is 72.3 Å². The van der Waals surface area contributed by atoms with E-state index < -0.39 is 5.97 Å². The maximum absolute atomic E-state index is 11.7. The minimum Gasteiger partial charge on any atom is -0.478 e. The first-order valence-corrected chi connectivity index (χ1v) is 9.29. The van der Waals surface area contributed by atoms with Crippen molar-refractivity contribution >= 4 is 16.9 Å². The number of benzene rings is 2. The minimum absolute atomic E-state index is 0.0777. The summed E-state index contributed by atoms with van der Waals surface area (Å²) in [6.45, 7) is 6.58. The van der Waals surface area contributed by atoms with Crippen LogP contribution in [-0.2, 0) is 11.8 Å². The zero-order chi connectivity index (χ0) is 18.5. The third-order valence-electron chi connectivity index (χ3n) is 5.30. The van der Waals surface area contributed by atoms with Gasteiger partial charge in [0, 0.05) is 16.6 Å². The van der Waals surface area contributed by atoms with Gasteiger partial charge in [0.2, 0.25) is 0 Å². The first kappa shape index (κ1) is 16.9. The summed E-state index contributed by atoms with van der Waals surface area (Å²) in [7, 11) is 0. The summed E-state index contributed by atoms with van der Waals surface area (Å²) in [5, 5.41) is 10.8. The quantitative estimate of drug-likeness (QED) is 0.642. The molecule has 2 aromatic carbocycles. The fraction of sp³-hybridized carbons (Fsp3) is 0.348. The molecule has 0 unspecified atom stereocenters. The Balaban J connectivity index is 1.67. The Labute approximate surface area is 154 Å². The monoisotopic (exact) mass is 347 g/mol. The van der Waals surface area contributed by atoms with Crippen LogP contribution in [0.5, 0.6) is 0 Å². The van der Waals surface area contributed by atoms with Crippen molar-refractivity contribution in [2.45, 2.75) is 51.4 Å².